The van der Waals surface area contributed by atoms with E-state index in [1.165, 1.54) is 43.4 Å². The first-order valence-electron chi connectivity index (χ1n) is 8.38. The minimum absolute atomic E-state index is 0.624. The van der Waals surface area contributed by atoms with Crippen molar-refractivity contribution >= 4 is 0 Å². The van der Waals surface area contributed by atoms with Crippen molar-refractivity contribution in [1.82, 2.24) is 9.78 Å². The van der Waals surface area contributed by atoms with E-state index in [0.29, 0.717) is 6.54 Å². The quantitative estimate of drug-likeness (QED) is 0.920. The monoisotopic (exact) mass is 273 g/mol. The van der Waals surface area contributed by atoms with Gasteiger partial charge in [0.2, 0.25) is 0 Å². The maximum absolute atomic E-state index is 5.86. The fourth-order valence-corrected chi connectivity index (χ4v) is 5.74. The molecule has 4 bridgehead atoms. The van der Waals surface area contributed by atoms with Gasteiger partial charge in [0.15, 0.2) is 0 Å². The van der Waals surface area contributed by atoms with E-state index < -0.39 is 0 Å². The van der Waals surface area contributed by atoms with E-state index in [2.05, 4.69) is 18.5 Å². The maximum atomic E-state index is 5.86. The van der Waals surface area contributed by atoms with Gasteiger partial charge >= 0.3 is 0 Å². The van der Waals surface area contributed by atoms with Gasteiger partial charge in [0.05, 0.1) is 5.69 Å². The summed E-state index contributed by atoms with van der Waals surface area (Å²) < 4.78 is 2.27. The van der Waals surface area contributed by atoms with Crippen molar-refractivity contribution < 1.29 is 0 Å². The van der Waals surface area contributed by atoms with Gasteiger partial charge in [-0.25, -0.2) is 0 Å². The summed E-state index contributed by atoms with van der Waals surface area (Å²) >= 11 is 0. The molecule has 4 saturated carbocycles. The molecule has 0 atom stereocenters. The third-order valence-corrected chi connectivity index (χ3v) is 6.54. The van der Waals surface area contributed by atoms with Crippen LogP contribution >= 0.6 is 0 Å². The van der Waals surface area contributed by atoms with Crippen LogP contribution in [0.2, 0.25) is 0 Å². The van der Waals surface area contributed by atoms with Crippen LogP contribution in [0.25, 0.3) is 0 Å². The number of aryl methyl sites for hydroxylation is 1. The summed E-state index contributed by atoms with van der Waals surface area (Å²) in [6.45, 7) is 6.06. The Kier molecular flexibility index (Phi) is 2.95. The van der Waals surface area contributed by atoms with Gasteiger partial charge in [-0.15, -0.1) is 0 Å². The lowest BCUT2D eigenvalue weighted by Crippen LogP contribution is -2.46. The van der Waals surface area contributed by atoms with Gasteiger partial charge in [-0.1, -0.05) is 0 Å². The number of aromatic nitrogens is 2. The molecule has 0 amide bonds. The standard InChI is InChI=1S/C17H27N3/c1-10-16(8-18)11(2)20(19-10)9-17-14-4-12-3-13(6-14)7-15(17)5-12/h12-15,17H,3-9,18H2,1-2H3. The number of hydrogen-bond acceptors (Lipinski definition) is 2. The Hall–Kier alpha value is -0.830. The molecule has 20 heavy (non-hydrogen) atoms. The number of rotatable bonds is 3. The van der Waals surface area contributed by atoms with Crippen molar-refractivity contribution in [3.63, 3.8) is 0 Å². The van der Waals surface area contributed by atoms with E-state index in [9.17, 15) is 0 Å². The van der Waals surface area contributed by atoms with Crippen LogP contribution in [0.1, 0.15) is 49.1 Å². The molecule has 0 aromatic carbocycles. The predicted molar refractivity (Wildman–Crippen MR) is 80.1 cm³/mol. The molecule has 3 nitrogen and oxygen atoms in total. The van der Waals surface area contributed by atoms with E-state index in [-0.39, 0.29) is 0 Å². The lowest BCUT2D eigenvalue weighted by molar-refractivity contribution is -0.0444. The van der Waals surface area contributed by atoms with Crippen LogP contribution in [0, 0.1) is 43.4 Å². The zero-order valence-electron chi connectivity index (χ0n) is 12.8. The first kappa shape index (κ1) is 12.9. The summed E-state index contributed by atoms with van der Waals surface area (Å²) in [6.07, 6.45) is 7.54. The smallest absolute Gasteiger partial charge is 0.0641 e. The van der Waals surface area contributed by atoms with Gasteiger partial charge in [-0.05, 0) is 75.5 Å². The molecule has 0 radical (unpaired) electrons. The molecule has 3 heteroatoms. The molecule has 0 spiro atoms. The normalized spacial score (nSPS) is 38.6. The van der Waals surface area contributed by atoms with Gasteiger partial charge in [0.1, 0.15) is 0 Å². The summed E-state index contributed by atoms with van der Waals surface area (Å²) in [7, 11) is 0. The molecule has 1 aromatic rings. The Bertz CT molecular complexity index is 489. The van der Waals surface area contributed by atoms with Crippen LogP contribution in [0.5, 0.6) is 0 Å². The molecular formula is C17H27N3. The highest BCUT2D eigenvalue weighted by molar-refractivity contribution is 5.24. The van der Waals surface area contributed by atoms with Crippen molar-refractivity contribution in [3.8, 4) is 0 Å². The zero-order valence-corrected chi connectivity index (χ0v) is 12.8. The highest BCUT2D eigenvalue weighted by Gasteiger charge is 2.48. The molecule has 0 unspecified atom stereocenters. The Morgan fingerprint density at radius 2 is 1.65 bits per heavy atom. The minimum atomic E-state index is 0.624. The largest absolute Gasteiger partial charge is 0.326 e. The highest BCUT2D eigenvalue weighted by Crippen LogP contribution is 2.56. The molecule has 1 heterocycles. The van der Waals surface area contributed by atoms with Crippen molar-refractivity contribution in [3.05, 3.63) is 17.0 Å². The molecule has 4 aliphatic carbocycles. The summed E-state index contributed by atoms with van der Waals surface area (Å²) in [6, 6.07) is 0. The molecule has 5 rings (SSSR count). The second-order valence-corrected chi connectivity index (χ2v) is 7.63. The number of nitrogens with two attached hydrogens (primary N) is 1. The van der Waals surface area contributed by atoms with Crippen LogP contribution in [-0.4, -0.2) is 9.78 Å². The second kappa shape index (κ2) is 4.59. The maximum Gasteiger partial charge on any atom is 0.0641 e. The van der Waals surface area contributed by atoms with Crippen molar-refractivity contribution in [1.29, 1.82) is 0 Å². The van der Waals surface area contributed by atoms with Crippen molar-refractivity contribution in [2.24, 2.45) is 35.3 Å². The Balaban J connectivity index is 1.57. The minimum Gasteiger partial charge on any atom is -0.326 e. The first-order chi connectivity index (χ1) is 9.65. The highest BCUT2D eigenvalue weighted by atomic mass is 15.3. The van der Waals surface area contributed by atoms with Gasteiger partial charge in [-0.2, -0.15) is 5.10 Å². The average molecular weight is 273 g/mol. The fourth-order valence-electron chi connectivity index (χ4n) is 5.74. The molecule has 0 aliphatic heterocycles. The van der Waals surface area contributed by atoms with Crippen LogP contribution in [0.3, 0.4) is 0 Å². The molecule has 4 aliphatic rings. The summed E-state index contributed by atoms with van der Waals surface area (Å²) in [4.78, 5) is 0. The van der Waals surface area contributed by atoms with Crippen LogP contribution in [0.4, 0.5) is 0 Å². The number of nitrogens with zero attached hydrogens (tertiary/aromatic N) is 2. The van der Waals surface area contributed by atoms with Crippen LogP contribution in [0.15, 0.2) is 0 Å². The van der Waals surface area contributed by atoms with E-state index in [1.54, 1.807) is 0 Å². The van der Waals surface area contributed by atoms with Crippen molar-refractivity contribution in [2.75, 3.05) is 0 Å². The topological polar surface area (TPSA) is 43.8 Å². The Labute approximate surface area is 121 Å². The van der Waals surface area contributed by atoms with Crippen LogP contribution in [-0.2, 0) is 13.1 Å². The number of hydrogen-bond donors (Lipinski definition) is 1. The summed E-state index contributed by atoms with van der Waals surface area (Å²) in [5, 5.41) is 4.77. The van der Waals surface area contributed by atoms with Gasteiger partial charge in [0, 0.05) is 24.3 Å². The molecule has 2 N–H and O–H groups in total. The average Bonchev–Trinajstić information content (AvgIpc) is 2.67. The SMILES string of the molecule is Cc1nn(CC2C3CC4CC(C3)CC2C4)c(C)c1CN. The molecule has 110 valence electrons. The van der Waals surface area contributed by atoms with Gasteiger partial charge in [-0.3, -0.25) is 4.68 Å². The molecule has 1 aromatic heterocycles. The third kappa shape index (κ3) is 1.86. The predicted octanol–water partition coefficient (Wildman–Crippen LogP) is 3.03. The van der Waals surface area contributed by atoms with Gasteiger partial charge < -0.3 is 5.73 Å². The molecule has 0 saturated heterocycles. The Morgan fingerprint density at radius 3 is 2.15 bits per heavy atom. The molecule has 4 fully saturated rings. The lowest BCUT2D eigenvalue weighted by Gasteiger charge is -2.54. The van der Waals surface area contributed by atoms with Gasteiger partial charge in [0.25, 0.3) is 0 Å². The second-order valence-electron chi connectivity index (χ2n) is 7.63. The molecular weight excluding hydrogens is 246 g/mol. The zero-order chi connectivity index (χ0) is 13.9. The van der Waals surface area contributed by atoms with E-state index in [4.69, 9.17) is 10.8 Å². The summed E-state index contributed by atoms with van der Waals surface area (Å²) in [5.74, 6) is 4.97. The fraction of sp³-hybridized carbons (Fsp3) is 0.824. The third-order valence-electron chi connectivity index (χ3n) is 6.54. The first-order valence-corrected chi connectivity index (χ1v) is 8.38. The van der Waals surface area contributed by atoms with Crippen LogP contribution < -0.4 is 5.73 Å². The van der Waals surface area contributed by atoms with E-state index >= 15 is 0 Å². The Morgan fingerprint density at radius 1 is 1.05 bits per heavy atom. The van der Waals surface area contributed by atoms with E-state index in [1.807, 2.05) is 0 Å². The van der Waals surface area contributed by atoms with E-state index in [0.717, 1.165) is 41.8 Å². The lowest BCUT2D eigenvalue weighted by atomic mass is 9.52. The van der Waals surface area contributed by atoms with Crippen molar-refractivity contribution in [2.45, 2.75) is 59.0 Å². The summed E-state index contributed by atoms with van der Waals surface area (Å²) in [5.41, 5.74) is 9.56.